The standard InChI is InChI=1S/C16H19N3O2/c1-2-13-8-5-6-10-19(13)16(21)15(20)18-14-9-4-3-7-12(14)11-17/h3-4,7,9,13H,2,5-6,8,10H2,1H3,(H,18,20). The summed E-state index contributed by atoms with van der Waals surface area (Å²) in [5.74, 6) is -1.17. The van der Waals surface area contributed by atoms with E-state index in [9.17, 15) is 9.59 Å². The Balaban J connectivity index is 2.09. The van der Waals surface area contributed by atoms with Gasteiger partial charge in [-0.15, -0.1) is 0 Å². The van der Waals surface area contributed by atoms with Gasteiger partial charge >= 0.3 is 11.8 Å². The van der Waals surface area contributed by atoms with Gasteiger partial charge in [0, 0.05) is 12.6 Å². The van der Waals surface area contributed by atoms with Gasteiger partial charge in [0.05, 0.1) is 11.3 Å². The van der Waals surface area contributed by atoms with Gasteiger partial charge in [0.15, 0.2) is 0 Å². The molecule has 1 heterocycles. The predicted molar refractivity (Wildman–Crippen MR) is 79.4 cm³/mol. The molecule has 1 aromatic carbocycles. The maximum absolute atomic E-state index is 12.3. The summed E-state index contributed by atoms with van der Waals surface area (Å²) < 4.78 is 0. The quantitative estimate of drug-likeness (QED) is 0.847. The number of hydrogen-bond acceptors (Lipinski definition) is 3. The number of benzene rings is 1. The molecule has 1 aromatic rings. The predicted octanol–water partition coefficient (Wildman–Crippen LogP) is 2.29. The highest BCUT2D eigenvalue weighted by molar-refractivity contribution is 6.39. The van der Waals surface area contributed by atoms with E-state index in [1.54, 1.807) is 29.2 Å². The Morgan fingerprint density at radius 2 is 2.14 bits per heavy atom. The molecule has 0 aromatic heterocycles. The number of nitriles is 1. The summed E-state index contributed by atoms with van der Waals surface area (Å²) >= 11 is 0. The van der Waals surface area contributed by atoms with Crippen LogP contribution in [0.4, 0.5) is 5.69 Å². The first-order valence-corrected chi connectivity index (χ1v) is 7.28. The molecule has 0 saturated carbocycles. The van der Waals surface area contributed by atoms with Crippen LogP contribution in [0.25, 0.3) is 0 Å². The van der Waals surface area contributed by atoms with E-state index in [1.165, 1.54) is 0 Å². The summed E-state index contributed by atoms with van der Waals surface area (Å²) in [6.07, 6.45) is 3.84. The van der Waals surface area contributed by atoms with Crippen LogP contribution < -0.4 is 5.32 Å². The summed E-state index contributed by atoms with van der Waals surface area (Å²) in [5, 5.41) is 11.6. The van der Waals surface area contributed by atoms with Gasteiger partial charge in [0.1, 0.15) is 6.07 Å². The number of anilines is 1. The molecule has 2 rings (SSSR count). The molecule has 21 heavy (non-hydrogen) atoms. The monoisotopic (exact) mass is 285 g/mol. The molecular formula is C16H19N3O2. The number of nitrogens with zero attached hydrogens (tertiary/aromatic N) is 2. The number of hydrogen-bond donors (Lipinski definition) is 1. The van der Waals surface area contributed by atoms with E-state index in [0.29, 0.717) is 17.8 Å². The van der Waals surface area contributed by atoms with Gasteiger partial charge < -0.3 is 10.2 Å². The van der Waals surface area contributed by atoms with Crippen molar-refractivity contribution in [3.05, 3.63) is 29.8 Å². The van der Waals surface area contributed by atoms with Gasteiger partial charge in [-0.3, -0.25) is 9.59 Å². The van der Waals surface area contributed by atoms with Crippen LogP contribution in [0.15, 0.2) is 24.3 Å². The lowest BCUT2D eigenvalue weighted by Crippen LogP contribution is -2.48. The lowest BCUT2D eigenvalue weighted by Gasteiger charge is -2.34. The van der Waals surface area contributed by atoms with Crippen molar-refractivity contribution in [2.45, 2.75) is 38.6 Å². The lowest BCUT2D eigenvalue weighted by molar-refractivity contribution is -0.145. The number of para-hydroxylation sites is 1. The highest BCUT2D eigenvalue weighted by Crippen LogP contribution is 2.20. The van der Waals surface area contributed by atoms with Crippen LogP contribution in [0.5, 0.6) is 0 Å². The number of carbonyl (C=O) groups excluding carboxylic acids is 2. The van der Waals surface area contributed by atoms with Crippen molar-refractivity contribution in [1.29, 1.82) is 5.26 Å². The molecule has 5 nitrogen and oxygen atoms in total. The molecule has 2 amide bonds. The molecule has 1 unspecified atom stereocenters. The Labute approximate surface area is 124 Å². The van der Waals surface area contributed by atoms with E-state index in [1.807, 2.05) is 13.0 Å². The number of amides is 2. The topological polar surface area (TPSA) is 73.2 Å². The molecule has 0 spiro atoms. The highest BCUT2D eigenvalue weighted by Gasteiger charge is 2.29. The molecule has 1 atom stereocenters. The van der Waals surface area contributed by atoms with E-state index in [2.05, 4.69) is 5.32 Å². The number of nitrogens with one attached hydrogen (secondary N) is 1. The second-order valence-corrected chi connectivity index (χ2v) is 5.17. The number of likely N-dealkylation sites (tertiary alicyclic amines) is 1. The largest absolute Gasteiger partial charge is 0.331 e. The molecule has 1 saturated heterocycles. The van der Waals surface area contributed by atoms with Crippen molar-refractivity contribution in [2.75, 3.05) is 11.9 Å². The summed E-state index contributed by atoms with van der Waals surface area (Å²) in [6, 6.07) is 8.81. The van der Waals surface area contributed by atoms with Gasteiger partial charge in [-0.1, -0.05) is 19.1 Å². The molecular weight excluding hydrogens is 266 g/mol. The Kier molecular flexibility index (Phi) is 4.94. The van der Waals surface area contributed by atoms with Crippen molar-refractivity contribution in [1.82, 2.24) is 4.90 Å². The highest BCUT2D eigenvalue weighted by atomic mass is 16.2. The first kappa shape index (κ1) is 15.0. The number of carbonyl (C=O) groups is 2. The van der Waals surface area contributed by atoms with Crippen LogP contribution in [0, 0.1) is 11.3 Å². The zero-order chi connectivity index (χ0) is 15.2. The summed E-state index contributed by atoms with van der Waals surface area (Å²) in [7, 11) is 0. The van der Waals surface area contributed by atoms with Crippen molar-refractivity contribution in [2.24, 2.45) is 0 Å². The molecule has 1 fully saturated rings. The van der Waals surface area contributed by atoms with Crippen LogP contribution in [0.1, 0.15) is 38.2 Å². The van der Waals surface area contributed by atoms with Gasteiger partial charge in [-0.05, 0) is 37.8 Å². The van der Waals surface area contributed by atoms with E-state index in [4.69, 9.17) is 5.26 Å². The number of piperidine rings is 1. The van der Waals surface area contributed by atoms with E-state index in [0.717, 1.165) is 25.7 Å². The second-order valence-electron chi connectivity index (χ2n) is 5.17. The Hall–Kier alpha value is -2.35. The fraction of sp³-hybridized carbons (Fsp3) is 0.438. The van der Waals surface area contributed by atoms with Crippen molar-refractivity contribution < 1.29 is 9.59 Å². The maximum Gasteiger partial charge on any atom is 0.313 e. The average molecular weight is 285 g/mol. The average Bonchev–Trinajstić information content (AvgIpc) is 2.54. The van der Waals surface area contributed by atoms with Crippen molar-refractivity contribution in [3.63, 3.8) is 0 Å². The zero-order valence-electron chi connectivity index (χ0n) is 12.1. The molecule has 0 radical (unpaired) electrons. The summed E-state index contributed by atoms with van der Waals surface area (Å²) in [5.41, 5.74) is 0.729. The van der Waals surface area contributed by atoms with E-state index in [-0.39, 0.29) is 6.04 Å². The van der Waals surface area contributed by atoms with Crippen molar-refractivity contribution in [3.8, 4) is 6.07 Å². The first-order chi connectivity index (χ1) is 10.2. The minimum absolute atomic E-state index is 0.142. The van der Waals surface area contributed by atoms with Crippen LogP contribution in [-0.2, 0) is 9.59 Å². The number of rotatable bonds is 2. The SMILES string of the molecule is CCC1CCCCN1C(=O)C(=O)Nc1ccccc1C#N. The van der Waals surface area contributed by atoms with Crippen molar-refractivity contribution >= 4 is 17.5 Å². The van der Waals surface area contributed by atoms with Gasteiger partial charge in [0.2, 0.25) is 0 Å². The molecule has 110 valence electrons. The second kappa shape index (κ2) is 6.89. The van der Waals surface area contributed by atoms with E-state index >= 15 is 0 Å². The lowest BCUT2D eigenvalue weighted by atomic mass is 10.00. The summed E-state index contributed by atoms with van der Waals surface area (Å²) in [6.45, 7) is 2.66. The Bertz CT molecular complexity index is 577. The summed E-state index contributed by atoms with van der Waals surface area (Å²) in [4.78, 5) is 26.1. The van der Waals surface area contributed by atoms with Gasteiger partial charge in [-0.2, -0.15) is 5.26 Å². The van der Waals surface area contributed by atoms with Gasteiger partial charge in [-0.25, -0.2) is 0 Å². The minimum Gasteiger partial charge on any atom is -0.331 e. The normalized spacial score (nSPS) is 17.9. The Morgan fingerprint density at radius 1 is 1.38 bits per heavy atom. The third-order valence-electron chi connectivity index (χ3n) is 3.85. The fourth-order valence-electron chi connectivity index (χ4n) is 2.69. The van der Waals surface area contributed by atoms with E-state index < -0.39 is 11.8 Å². The third kappa shape index (κ3) is 3.40. The van der Waals surface area contributed by atoms with Gasteiger partial charge in [0.25, 0.3) is 0 Å². The molecule has 1 aliphatic rings. The molecule has 0 bridgehead atoms. The van der Waals surface area contributed by atoms with Crippen LogP contribution in [0.2, 0.25) is 0 Å². The zero-order valence-corrected chi connectivity index (χ0v) is 12.1. The van der Waals surface area contributed by atoms with Crippen LogP contribution in [0.3, 0.4) is 0 Å². The smallest absolute Gasteiger partial charge is 0.313 e. The van der Waals surface area contributed by atoms with Crippen LogP contribution in [-0.4, -0.2) is 29.3 Å². The minimum atomic E-state index is -0.668. The van der Waals surface area contributed by atoms with Crippen LogP contribution >= 0.6 is 0 Å². The molecule has 5 heteroatoms. The Morgan fingerprint density at radius 3 is 2.86 bits per heavy atom. The molecule has 0 aliphatic carbocycles. The first-order valence-electron chi connectivity index (χ1n) is 7.28. The maximum atomic E-state index is 12.3. The fourth-order valence-corrected chi connectivity index (χ4v) is 2.69. The molecule has 1 N–H and O–H groups in total. The molecule has 1 aliphatic heterocycles. The third-order valence-corrected chi connectivity index (χ3v) is 3.85.